The zero-order chi connectivity index (χ0) is 13.4. The Kier molecular flexibility index (Phi) is 3.45. The van der Waals surface area contributed by atoms with Crippen LogP contribution in [-0.2, 0) is 11.8 Å². The number of rotatable bonds is 2. The summed E-state index contributed by atoms with van der Waals surface area (Å²) in [7, 11) is 1.71. The molecule has 0 spiro atoms. The lowest BCUT2D eigenvalue weighted by Crippen LogP contribution is -2.41. The first-order valence-electron chi connectivity index (χ1n) is 5.44. The number of aliphatic hydroxyl groups is 1. The topological polar surface area (TPSA) is 82.8 Å². The Hall–Kier alpha value is -1.34. The molecule has 6 nitrogen and oxygen atoms in total. The summed E-state index contributed by atoms with van der Waals surface area (Å²) in [5.74, 6) is -1.47. The molecule has 0 radical (unpaired) electrons. The van der Waals surface area contributed by atoms with Crippen molar-refractivity contribution in [3.8, 4) is 0 Å². The molecule has 1 amide bonds. The van der Waals surface area contributed by atoms with Gasteiger partial charge < -0.3 is 19.7 Å². The summed E-state index contributed by atoms with van der Waals surface area (Å²) < 4.78 is 2.37. The van der Waals surface area contributed by atoms with E-state index in [-0.39, 0.29) is 18.9 Å². The van der Waals surface area contributed by atoms with Crippen LogP contribution in [-0.4, -0.2) is 50.2 Å². The Morgan fingerprint density at radius 3 is 2.67 bits per heavy atom. The van der Waals surface area contributed by atoms with Crippen molar-refractivity contribution < 1.29 is 19.8 Å². The van der Waals surface area contributed by atoms with Crippen molar-refractivity contribution in [1.29, 1.82) is 0 Å². The Balaban J connectivity index is 2.28. The molecular formula is C11H13BrN2O4. The second-order valence-corrected chi connectivity index (χ2v) is 5.27. The van der Waals surface area contributed by atoms with Crippen molar-refractivity contribution in [2.24, 2.45) is 7.05 Å². The van der Waals surface area contributed by atoms with Crippen LogP contribution in [0, 0.1) is 0 Å². The van der Waals surface area contributed by atoms with Gasteiger partial charge in [0.1, 0.15) is 11.7 Å². The quantitative estimate of drug-likeness (QED) is 0.829. The van der Waals surface area contributed by atoms with Gasteiger partial charge in [0.05, 0.1) is 6.10 Å². The van der Waals surface area contributed by atoms with Crippen molar-refractivity contribution in [2.75, 3.05) is 6.54 Å². The molecule has 2 atom stereocenters. The minimum absolute atomic E-state index is 0.0542. The minimum atomic E-state index is -1.09. The standard InChI is InChI=1S/C11H13BrN2O4/c1-13-4-6(12)2-8(13)10(16)14-5-7(15)3-9(14)11(17)18/h2,4,7,9,15H,3,5H2,1H3,(H,17,18). The average molecular weight is 317 g/mol. The van der Waals surface area contributed by atoms with Gasteiger partial charge in [0.25, 0.3) is 5.91 Å². The SMILES string of the molecule is Cn1cc(Br)cc1C(=O)N1CC(O)CC1C(=O)O. The molecule has 1 saturated heterocycles. The van der Waals surface area contributed by atoms with E-state index in [0.29, 0.717) is 5.69 Å². The number of nitrogens with zero attached hydrogens (tertiary/aromatic N) is 2. The average Bonchev–Trinajstić information content (AvgIpc) is 2.81. The highest BCUT2D eigenvalue weighted by Gasteiger charge is 2.39. The molecule has 0 bridgehead atoms. The number of hydrogen-bond donors (Lipinski definition) is 2. The van der Waals surface area contributed by atoms with E-state index < -0.39 is 18.1 Å². The lowest BCUT2D eigenvalue weighted by molar-refractivity contribution is -0.141. The summed E-state index contributed by atoms with van der Waals surface area (Å²) in [5, 5.41) is 18.6. The van der Waals surface area contributed by atoms with E-state index >= 15 is 0 Å². The van der Waals surface area contributed by atoms with E-state index in [1.807, 2.05) is 0 Å². The third kappa shape index (κ3) is 2.28. The smallest absolute Gasteiger partial charge is 0.326 e. The first-order valence-corrected chi connectivity index (χ1v) is 6.23. The van der Waals surface area contributed by atoms with E-state index in [1.54, 1.807) is 23.9 Å². The predicted molar refractivity (Wildman–Crippen MR) is 66.2 cm³/mol. The highest BCUT2D eigenvalue weighted by molar-refractivity contribution is 9.10. The Morgan fingerprint density at radius 2 is 2.17 bits per heavy atom. The molecule has 2 heterocycles. The van der Waals surface area contributed by atoms with Crippen LogP contribution in [0.15, 0.2) is 16.7 Å². The van der Waals surface area contributed by atoms with Crippen LogP contribution in [0.5, 0.6) is 0 Å². The van der Waals surface area contributed by atoms with Crippen LogP contribution in [0.4, 0.5) is 0 Å². The summed E-state index contributed by atoms with van der Waals surface area (Å²) in [6, 6.07) is 0.674. The van der Waals surface area contributed by atoms with E-state index in [4.69, 9.17) is 5.11 Å². The zero-order valence-electron chi connectivity index (χ0n) is 9.71. The maximum atomic E-state index is 12.3. The maximum absolute atomic E-state index is 12.3. The number of carboxylic acid groups (broad SMARTS) is 1. The second kappa shape index (κ2) is 4.74. The molecule has 7 heteroatoms. The normalized spacial score (nSPS) is 23.4. The number of aliphatic carboxylic acids is 1. The van der Waals surface area contributed by atoms with Gasteiger partial charge in [-0.25, -0.2) is 4.79 Å². The molecule has 0 saturated carbocycles. The number of carboxylic acids is 1. The van der Waals surface area contributed by atoms with Gasteiger partial charge in [-0.2, -0.15) is 0 Å². The number of hydrogen-bond acceptors (Lipinski definition) is 3. The molecule has 1 aromatic rings. The third-order valence-corrected chi connectivity index (χ3v) is 3.45. The van der Waals surface area contributed by atoms with Crippen molar-refractivity contribution >= 4 is 27.8 Å². The first-order chi connectivity index (χ1) is 8.40. The van der Waals surface area contributed by atoms with Crippen LogP contribution in [0.1, 0.15) is 16.9 Å². The van der Waals surface area contributed by atoms with E-state index in [2.05, 4.69) is 15.9 Å². The van der Waals surface area contributed by atoms with Gasteiger partial charge >= 0.3 is 5.97 Å². The fourth-order valence-corrected chi connectivity index (χ4v) is 2.68. The van der Waals surface area contributed by atoms with E-state index in [1.165, 1.54) is 4.90 Å². The molecule has 2 unspecified atom stereocenters. The van der Waals surface area contributed by atoms with Gasteiger partial charge in [-0.15, -0.1) is 0 Å². The minimum Gasteiger partial charge on any atom is -0.480 e. The van der Waals surface area contributed by atoms with E-state index in [9.17, 15) is 14.7 Å². The van der Waals surface area contributed by atoms with Crippen molar-refractivity contribution in [1.82, 2.24) is 9.47 Å². The van der Waals surface area contributed by atoms with Crippen LogP contribution in [0.25, 0.3) is 0 Å². The summed E-state index contributed by atoms with van der Waals surface area (Å²) in [6.07, 6.45) is 1.01. The molecule has 0 aliphatic carbocycles. The predicted octanol–water partition coefficient (Wildman–Crippen LogP) is 0.448. The van der Waals surface area contributed by atoms with E-state index in [0.717, 1.165) is 4.47 Å². The monoisotopic (exact) mass is 316 g/mol. The molecule has 1 fully saturated rings. The Labute approximate surface area is 112 Å². The van der Waals surface area contributed by atoms with Crippen molar-refractivity contribution in [3.63, 3.8) is 0 Å². The molecule has 2 rings (SSSR count). The number of amides is 1. The summed E-state index contributed by atoms with van der Waals surface area (Å²) in [5.41, 5.74) is 0.391. The Bertz CT molecular complexity index is 499. The largest absolute Gasteiger partial charge is 0.480 e. The summed E-state index contributed by atoms with van der Waals surface area (Å²) >= 11 is 3.26. The first kappa shape index (κ1) is 13.1. The van der Waals surface area contributed by atoms with Gasteiger partial charge in [-0.05, 0) is 22.0 Å². The second-order valence-electron chi connectivity index (χ2n) is 4.36. The van der Waals surface area contributed by atoms with Crippen LogP contribution < -0.4 is 0 Å². The number of β-amino-alcohol motifs (C(OH)–C–C–N with tert-alkyl or cyclic N) is 1. The molecular weight excluding hydrogens is 304 g/mol. The van der Waals surface area contributed by atoms with Crippen LogP contribution in [0.2, 0.25) is 0 Å². The fourth-order valence-electron chi connectivity index (χ4n) is 2.16. The van der Waals surface area contributed by atoms with Gasteiger partial charge in [0, 0.05) is 30.7 Å². The molecule has 1 aliphatic heterocycles. The summed E-state index contributed by atoms with van der Waals surface area (Å²) in [6.45, 7) is 0.0542. The number of halogens is 1. The van der Waals surface area contributed by atoms with Gasteiger partial charge in [-0.3, -0.25) is 4.79 Å². The third-order valence-electron chi connectivity index (χ3n) is 3.02. The highest BCUT2D eigenvalue weighted by atomic mass is 79.9. The van der Waals surface area contributed by atoms with Crippen molar-refractivity contribution in [3.05, 3.63) is 22.4 Å². The lowest BCUT2D eigenvalue weighted by Gasteiger charge is -2.21. The van der Waals surface area contributed by atoms with Crippen molar-refractivity contribution in [2.45, 2.75) is 18.6 Å². The molecule has 98 valence electrons. The number of carbonyl (C=O) groups excluding carboxylic acids is 1. The Morgan fingerprint density at radius 1 is 1.50 bits per heavy atom. The zero-order valence-corrected chi connectivity index (χ0v) is 11.3. The maximum Gasteiger partial charge on any atom is 0.326 e. The number of aliphatic hydroxyl groups excluding tert-OH is 1. The van der Waals surface area contributed by atoms with Crippen LogP contribution in [0.3, 0.4) is 0 Å². The van der Waals surface area contributed by atoms with Gasteiger partial charge in [0.15, 0.2) is 0 Å². The number of likely N-dealkylation sites (tertiary alicyclic amines) is 1. The number of aromatic nitrogens is 1. The number of carbonyl (C=O) groups is 2. The number of aryl methyl sites for hydroxylation is 1. The van der Waals surface area contributed by atoms with Gasteiger partial charge in [0.2, 0.25) is 0 Å². The molecule has 18 heavy (non-hydrogen) atoms. The fraction of sp³-hybridized carbons (Fsp3) is 0.455. The highest BCUT2D eigenvalue weighted by Crippen LogP contribution is 2.22. The molecule has 2 N–H and O–H groups in total. The molecule has 0 aromatic carbocycles. The summed E-state index contributed by atoms with van der Waals surface area (Å²) in [4.78, 5) is 24.5. The van der Waals surface area contributed by atoms with Gasteiger partial charge in [-0.1, -0.05) is 0 Å². The van der Waals surface area contributed by atoms with Crippen LogP contribution >= 0.6 is 15.9 Å². The molecule has 1 aliphatic rings. The lowest BCUT2D eigenvalue weighted by atomic mass is 10.2. The molecule has 1 aromatic heterocycles.